The zero-order valence-corrected chi connectivity index (χ0v) is 12.3. The number of nitrogens with zero attached hydrogens (tertiary/aromatic N) is 1. The molecule has 1 aliphatic rings. The molecule has 0 bridgehead atoms. The molecule has 0 aliphatic heterocycles. The van der Waals surface area contributed by atoms with Gasteiger partial charge in [-0.25, -0.2) is 0 Å². The maximum absolute atomic E-state index is 12.2. The molecule has 1 fully saturated rings. The van der Waals surface area contributed by atoms with Crippen molar-refractivity contribution in [1.82, 2.24) is 4.90 Å². The van der Waals surface area contributed by atoms with Gasteiger partial charge >= 0.3 is 0 Å². The lowest BCUT2D eigenvalue weighted by Gasteiger charge is -2.26. The largest absolute Gasteiger partial charge is 0.299 e. The van der Waals surface area contributed by atoms with Crippen molar-refractivity contribution in [2.24, 2.45) is 5.92 Å². The number of benzene rings is 1. The van der Waals surface area contributed by atoms with E-state index in [0.29, 0.717) is 17.1 Å². The van der Waals surface area contributed by atoms with Crippen molar-refractivity contribution in [2.45, 2.75) is 32.1 Å². The van der Waals surface area contributed by atoms with Crippen LogP contribution in [-0.4, -0.2) is 30.8 Å². The number of ketones is 1. The van der Waals surface area contributed by atoms with Crippen molar-refractivity contribution in [3.8, 4) is 0 Å². The number of halogens is 1. The SMILES string of the molecule is CN(CC(=O)c1ccccc1Cl)CC1CCCCC1. The fraction of sp³-hybridized carbons (Fsp3) is 0.562. The van der Waals surface area contributed by atoms with Crippen LogP contribution in [0.25, 0.3) is 0 Å². The third-order valence-electron chi connectivity index (χ3n) is 3.88. The average Bonchev–Trinajstić information content (AvgIpc) is 2.40. The monoisotopic (exact) mass is 279 g/mol. The van der Waals surface area contributed by atoms with Crippen molar-refractivity contribution in [3.63, 3.8) is 0 Å². The molecule has 0 radical (unpaired) electrons. The minimum absolute atomic E-state index is 0.115. The summed E-state index contributed by atoms with van der Waals surface area (Å²) in [5, 5.41) is 0.554. The quantitative estimate of drug-likeness (QED) is 0.759. The van der Waals surface area contributed by atoms with Crippen LogP contribution in [-0.2, 0) is 0 Å². The van der Waals surface area contributed by atoms with Crippen molar-refractivity contribution < 1.29 is 4.79 Å². The highest BCUT2D eigenvalue weighted by molar-refractivity contribution is 6.34. The van der Waals surface area contributed by atoms with Gasteiger partial charge in [0, 0.05) is 12.1 Å². The first-order valence-electron chi connectivity index (χ1n) is 7.13. The predicted octanol–water partition coefficient (Wildman–Crippen LogP) is 4.03. The first-order valence-corrected chi connectivity index (χ1v) is 7.51. The van der Waals surface area contributed by atoms with Gasteiger partial charge in [0.05, 0.1) is 11.6 Å². The van der Waals surface area contributed by atoms with E-state index in [-0.39, 0.29) is 5.78 Å². The van der Waals surface area contributed by atoms with Crippen LogP contribution in [0.2, 0.25) is 5.02 Å². The second-order valence-electron chi connectivity index (χ2n) is 5.60. The molecule has 0 heterocycles. The summed E-state index contributed by atoms with van der Waals surface area (Å²) in [6, 6.07) is 7.29. The van der Waals surface area contributed by atoms with E-state index in [1.807, 2.05) is 19.2 Å². The fourth-order valence-corrected chi connectivity index (χ4v) is 3.13. The lowest BCUT2D eigenvalue weighted by atomic mass is 9.89. The van der Waals surface area contributed by atoms with Crippen molar-refractivity contribution in [2.75, 3.05) is 20.1 Å². The van der Waals surface area contributed by atoms with Crippen LogP contribution in [0.5, 0.6) is 0 Å². The molecule has 104 valence electrons. The Bertz CT molecular complexity index is 427. The Kier molecular flexibility index (Phi) is 5.41. The molecule has 0 spiro atoms. The van der Waals surface area contributed by atoms with Crippen LogP contribution in [0.4, 0.5) is 0 Å². The summed E-state index contributed by atoms with van der Waals surface area (Å²) in [7, 11) is 2.03. The van der Waals surface area contributed by atoms with Gasteiger partial charge in [-0.2, -0.15) is 0 Å². The number of carbonyl (C=O) groups excluding carboxylic acids is 1. The van der Waals surface area contributed by atoms with Crippen LogP contribution >= 0.6 is 11.6 Å². The van der Waals surface area contributed by atoms with Crippen LogP contribution in [0.15, 0.2) is 24.3 Å². The summed E-state index contributed by atoms with van der Waals surface area (Å²) < 4.78 is 0. The van der Waals surface area contributed by atoms with E-state index in [1.54, 1.807) is 12.1 Å². The molecule has 0 amide bonds. The molecule has 1 aliphatic carbocycles. The molecule has 3 heteroatoms. The van der Waals surface area contributed by atoms with Crippen molar-refractivity contribution >= 4 is 17.4 Å². The number of carbonyl (C=O) groups is 1. The first kappa shape index (κ1) is 14.5. The van der Waals surface area contributed by atoms with Gasteiger partial charge in [0.25, 0.3) is 0 Å². The predicted molar refractivity (Wildman–Crippen MR) is 79.9 cm³/mol. The van der Waals surface area contributed by atoms with Gasteiger partial charge in [-0.3, -0.25) is 9.69 Å². The molecular formula is C16H22ClNO. The molecule has 19 heavy (non-hydrogen) atoms. The van der Waals surface area contributed by atoms with Gasteiger partial charge < -0.3 is 0 Å². The Morgan fingerprint density at radius 3 is 2.63 bits per heavy atom. The Labute approximate surface area is 120 Å². The number of rotatable bonds is 5. The van der Waals surface area contributed by atoms with Gasteiger partial charge in [0.2, 0.25) is 0 Å². The van der Waals surface area contributed by atoms with Crippen molar-refractivity contribution in [3.05, 3.63) is 34.9 Å². The highest BCUT2D eigenvalue weighted by Crippen LogP contribution is 2.24. The molecule has 0 N–H and O–H groups in total. The second-order valence-corrected chi connectivity index (χ2v) is 6.01. The molecular weight excluding hydrogens is 258 g/mol. The first-order chi connectivity index (χ1) is 9.16. The standard InChI is InChI=1S/C16H22ClNO/c1-18(11-13-7-3-2-4-8-13)12-16(19)14-9-5-6-10-15(14)17/h5-6,9-10,13H,2-4,7-8,11-12H2,1H3. The summed E-state index contributed by atoms with van der Waals surface area (Å²) in [6.45, 7) is 1.48. The van der Waals surface area contributed by atoms with Gasteiger partial charge in [0.15, 0.2) is 5.78 Å². The molecule has 2 rings (SSSR count). The maximum atomic E-state index is 12.2. The summed E-state index contributed by atoms with van der Waals surface area (Å²) in [6.07, 6.45) is 6.68. The fourth-order valence-electron chi connectivity index (χ4n) is 2.89. The Hall–Kier alpha value is -0.860. The van der Waals surface area contributed by atoms with Crippen LogP contribution in [0.1, 0.15) is 42.5 Å². The lowest BCUT2D eigenvalue weighted by molar-refractivity contribution is 0.0932. The minimum Gasteiger partial charge on any atom is -0.299 e. The number of Topliss-reactive ketones (excluding diaryl/α,β-unsaturated/α-hetero) is 1. The Morgan fingerprint density at radius 2 is 1.95 bits per heavy atom. The van der Waals surface area contributed by atoms with Gasteiger partial charge in [-0.05, 0) is 37.9 Å². The molecule has 0 atom stereocenters. The van der Waals surface area contributed by atoms with E-state index in [9.17, 15) is 4.79 Å². The molecule has 2 nitrogen and oxygen atoms in total. The average molecular weight is 280 g/mol. The molecule has 0 saturated heterocycles. The second kappa shape index (κ2) is 7.06. The molecule has 0 unspecified atom stereocenters. The summed E-state index contributed by atoms with van der Waals surface area (Å²) in [4.78, 5) is 14.3. The Morgan fingerprint density at radius 1 is 1.26 bits per heavy atom. The lowest BCUT2D eigenvalue weighted by Crippen LogP contribution is -2.31. The number of hydrogen-bond acceptors (Lipinski definition) is 2. The molecule has 1 aromatic carbocycles. The van der Waals surface area contributed by atoms with Crippen LogP contribution in [0, 0.1) is 5.92 Å². The van der Waals surface area contributed by atoms with Crippen LogP contribution < -0.4 is 0 Å². The third-order valence-corrected chi connectivity index (χ3v) is 4.21. The smallest absolute Gasteiger partial charge is 0.178 e. The van der Waals surface area contributed by atoms with Crippen molar-refractivity contribution in [1.29, 1.82) is 0 Å². The number of likely N-dealkylation sites (N-methyl/N-ethyl adjacent to an activating group) is 1. The Balaban J connectivity index is 1.86. The zero-order valence-electron chi connectivity index (χ0n) is 11.6. The highest BCUT2D eigenvalue weighted by Gasteiger charge is 2.18. The van der Waals surface area contributed by atoms with E-state index in [4.69, 9.17) is 11.6 Å². The van der Waals surface area contributed by atoms with Gasteiger partial charge in [0.1, 0.15) is 0 Å². The van der Waals surface area contributed by atoms with E-state index in [2.05, 4.69) is 4.90 Å². The molecule has 0 aromatic heterocycles. The minimum atomic E-state index is 0.115. The topological polar surface area (TPSA) is 20.3 Å². The molecule has 1 saturated carbocycles. The maximum Gasteiger partial charge on any atom is 0.178 e. The summed E-state index contributed by atoms with van der Waals surface area (Å²) in [5.74, 6) is 0.877. The van der Waals surface area contributed by atoms with E-state index < -0.39 is 0 Å². The van der Waals surface area contributed by atoms with E-state index in [0.717, 1.165) is 12.5 Å². The summed E-state index contributed by atoms with van der Waals surface area (Å²) in [5.41, 5.74) is 0.639. The molecule has 1 aromatic rings. The summed E-state index contributed by atoms with van der Waals surface area (Å²) >= 11 is 6.06. The van der Waals surface area contributed by atoms with E-state index >= 15 is 0 Å². The third kappa shape index (κ3) is 4.32. The highest BCUT2D eigenvalue weighted by atomic mass is 35.5. The zero-order chi connectivity index (χ0) is 13.7. The van der Waals surface area contributed by atoms with Gasteiger partial charge in [-0.1, -0.05) is 43.0 Å². The van der Waals surface area contributed by atoms with Gasteiger partial charge in [-0.15, -0.1) is 0 Å². The van der Waals surface area contributed by atoms with Crippen LogP contribution in [0.3, 0.4) is 0 Å². The number of hydrogen-bond donors (Lipinski definition) is 0. The normalized spacial score (nSPS) is 16.8. The van der Waals surface area contributed by atoms with E-state index in [1.165, 1.54) is 32.1 Å².